The SMILES string of the molecule is C[C@@H]1CCc2c1ncn2C. The molecule has 2 nitrogen and oxygen atoms in total. The second-order valence-corrected chi connectivity index (χ2v) is 3.13. The topological polar surface area (TPSA) is 17.8 Å². The lowest BCUT2D eigenvalue weighted by atomic mass is 10.1. The molecule has 0 saturated carbocycles. The maximum absolute atomic E-state index is 4.34. The fourth-order valence-corrected chi connectivity index (χ4v) is 1.68. The molecule has 0 saturated heterocycles. The van der Waals surface area contributed by atoms with Crippen molar-refractivity contribution in [1.82, 2.24) is 9.55 Å². The summed E-state index contributed by atoms with van der Waals surface area (Å²) in [6, 6.07) is 0. The quantitative estimate of drug-likeness (QED) is 0.528. The molecular weight excluding hydrogens is 124 g/mol. The lowest BCUT2D eigenvalue weighted by Crippen LogP contribution is -1.90. The second-order valence-electron chi connectivity index (χ2n) is 3.13. The van der Waals surface area contributed by atoms with E-state index in [-0.39, 0.29) is 0 Å². The van der Waals surface area contributed by atoms with Gasteiger partial charge in [0.1, 0.15) is 0 Å². The third kappa shape index (κ3) is 0.618. The summed E-state index contributed by atoms with van der Waals surface area (Å²) in [5, 5.41) is 0. The maximum Gasteiger partial charge on any atom is 0.0949 e. The number of aromatic nitrogens is 2. The number of nitrogens with zero attached hydrogens (tertiary/aromatic N) is 2. The minimum atomic E-state index is 0.691. The highest BCUT2D eigenvalue weighted by Crippen LogP contribution is 2.30. The molecule has 0 aliphatic heterocycles. The highest BCUT2D eigenvalue weighted by Gasteiger charge is 2.21. The van der Waals surface area contributed by atoms with Crippen molar-refractivity contribution in [1.29, 1.82) is 0 Å². The van der Waals surface area contributed by atoms with E-state index < -0.39 is 0 Å². The van der Waals surface area contributed by atoms with Crippen LogP contribution in [0, 0.1) is 0 Å². The van der Waals surface area contributed by atoms with Crippen molar-refractivity contribution >= 4 is 0 Å². The molecule has 1 atom stereocenters. The minimum absolute atomic E-state index is 0.691. The summed E-state index contributed by atoms with van der Waals surface area (Å²) >= 11 is 0. The van der Waals surface area contributed by atoms with Gasteiger partial charge in [-0.25, -0.2) is 4.98 Å². The highest BCUT2D eigenvalue weighted by molar-refractivity contribution is 5.22. The van der Waals surface area contributed by atoms with Crippen molar-refractivity contribution in [3.8, 4) is 0 Å². The first-order valence-corrected chi connectivity index (χ1v) is 3.79. The van der Waals surface area contributed by atoms with E-state index >= 15 is 0 Å². The fourth-order valence-electron chi connectivity index (χ4n) is 1.68. The minimum Gasteiger partial charge on any atom is -0.337 e. The molecule has 0 unspecified atom stereocenters. The number of imidazole rings is 1. The van der Waals surface area contributed by atoms with Gasteiger partial charge in [0, 0.05) is 18.7 Å². The summed E-state index contributed by atoms with van der Waals surface area (Å²) in [5.41, 5.74) is 2.76. The molecule has 2 rings (SSSR count). The average molecular weight is 136 g/mol. The molecule has 0 bridgehead atoms. The molecule has 1 aromatic rings. The van der Waals surface area contributed by atoms with Crippen molar-refractivity contribution in [3.63, 3.8) is 0 Å². The van der Waals surface area contributed by atoms with Gasteiger partial charge in [-0.1, -0.05) is 6.92 Å². The zero-order chi connectivity index (χ0) is 7.14. The van der Waals surface area contributed by atoms with E-state index in [4.69, 9.17) is 0 Å². The van der Waals surface area contributed by atoms with Crippen LogP contribution in [-0.2, 0) is 13.5 Å². The molecule has 0 spiro atoms. The van der Waals surface area contributed by atoms with Crippen LogP contribution in [-0.4, -0.2) is 9.55 Å². The van der Waals surface area contributed by atoms with Crippen LogP contribution >= 0.6 is 0 Å². The molecule has 54 valence electrons. The van der Waals surface area contributed by atoms with E-state index in [1.165, 1.54) is 24.2 Å². The Hall–Kier alpha value is -0.790. The Kier molecular flexibility index (Phi) is 1.10. The summed E-state index contributed by atoms with van der Waals surface area (Å²) < 4.78 is 2.14. The Balaban J connectivity index is 2.53. The third-order valence-electron chi connectivity index (χ3n) is 2.37. The molecule has 1 heterocycles. The second kappa shape index (κ2) is 1.84. The lowest BCUT2D eigenvalue weighted by Gasteiger charge is -1.94. The number of aryl methyl sites for hydroxylation is 1. The molecular formula is C8H12N2. The van der Waals surface area contributed by atoms with Crippen LogP contribution in [0.4, 0.5) is 0 Å². The van der Waals surface area contributed by atoms with E-state index in [1.807, 2.05) is 6.33 Å². The number of hydrogen-bond acceptors (Lipinski definition) is 1. The van der Waals surface area contributed by atoms with Crippen LogP contribution in [0.1, 0.15) is 30.7 Å². The smallest absolute Gasteiger partial charge is 0.0949 e. The summed E-state index contributed by atoms with van der Waals surface area (Å²) in [4.78, 5) is 4.34. The summed E-state index contributed by atoms with van der Waals surface area (Å²) in [6.45, 7) is 2.25. The Morgan fingerprint density at radius 2 is 2.50 bits per heavy atom. The molecule has 0 amide bonds. The molecule has 0 radical (unpaired) electrons. The van der Waals surface area contributed by atoms with Crippen LogP contribution in [0.15, 0.2) is 6.33 Å². The van der Waals surface area contributed by atoms with Gasteiger partial charge in [-0.05, 0) is 12.8 Å². The van der Waals surface area contributed by atoms with Gasteiger partial charge >= 0.3 is 0 Å². The Bertz CT molecular complexity index is 250. The number of rotatable bonds is 0. The highest BCUT2D eigenvalue weighted by atomic mass is 15.0. The molecule has 1 aromatic heterocycles. The van der Waals surface area contributed by atoms with Gasteiger partial charge in [0.05, 0.1) is 12.0 Å². The molecule has 2 heteroatoms. The molecule has 1 aliphatic carbocycles. The Morgan fingerprint density at radius 1 is 1.70 bits per heavy atom. The first kappa shape index (κ1) is 5.96. The van der Waals surface area contributed by atoms with E-state index in [1.54, 1.807) is 0 Å². The Labute approximate surface area is 60.9 Å². The van der Waals surface area contributed by atoms with Crippen LogP contribution in [0.3, 0.4) is 0 Å². The molecule has 0 fully saturated rings. The molecule has 0 N–H and O–H groups in total. The first-order valence-electron chi connectivity index (χ1n) is 3.79. The third-order valence-corrected chi connectivity index (χ3v) is 2.37. The van der Waals surface area contributed by atoms with Gasteiger partial charge in [-0.2, -0.15) is 0 Å². The zero-order valence-corrected chi connectivity index (χ0v) is 6.46. The first-order chi connectivity index (χ1) is 4.79. The van der Waals surface area contributed by atoms with Gasteiger partial charge in [0.15, 0.2) is 0 Å². The average Bonchev–Trinajstić information content (AvgIpc) is 2.41. The lowest BCUT2D eigenvalue weighted by molar-refractivity contribution is 0.711. The van der Waals surface area contributed by atoms with Crippen molar-refractivity contribution in [2.24, 2.45) is 7.05 Å². The van der Waals surface area contributed by atoms with E-state index in [2.05, 4.69) is 23.5 Å². The van der Waals surface area contributed by atoms with Gasteiger partial charge in [-0.15, -0.1) is 0 Å². The van der Waals surface area contributed by atoms with Crippen molar-refractivity contribution in [2.45, 2.75) is 25.7 Å². The van der Waals surface area contributed by atoms with Gasteiger partial charge in [0.2, 0.25) is 0 Å². The molecule has 1 aliphatic rings. The molecule has 10 heavy (non-hydrogen) atoms. The summed E-state index contributed by atoms with van der Waals surface area (Å²) in [7, 11) is 2.07. The predicted molar refractivity (Wildman–Crippen MR) is 39.9 cm³/mol. The number of fused-ring (bicyclic) bond motifs is 1. The fraction of sp³-hybridized carbons (Fsp3) is 0.625. The summed E-state index contributed by atoms with van der Waals surface area (Å²) in [6.07, 6.45) is 4.42. The zero-order valence-electron chi connectivity index (χ0n) is 6.46. The normalized spacial score (nSPS) is 23.2. The monoisotopic (exact) mass is 136 g/mol. The van der Waals surface area contributed by atoms with Crippen LogP contribution < -0.4 is 0 Å². The van der Waals surface area contributed by atoms with E-state index in [0.29, 0.717) is 5.92 Å². The molecule has 0 aromatic carbocycles. The van der Waals surface area contributed by atoms with E-state index in [9.17, 15) is 0 Å². The standard InChI is InChI=1S/C8H12N2/c1-6-3-4-7-8(6)9-5-10(7)2/h5-6H,3-4H2,1-2H3/t6-/m1/s1. The maximum atomic E-state index is 4.34. The van der Waals surface area contributed by atoms with E-state index in [0.717, 1.165) is 0 Å². The number of hydrogen-bond donors (Lipinski definition) is 0. The van der Waals surface area contributed by atoms with Crippen molar-refractivity contribution < 1.29 is 0 Å². The van der Waals surface area contributed by atoms with Gasteiger partial charge < -0.3 is 4.57 Å². The summed E-state index contributed by atoms with van der Waals surface area (Å²) in [5.74, 6) is 0.691. The Morgan fingerprint density at radius 3 is 3.20 bits per heavy atom. The van der Waals surface area contributed by atoms with Crippen LogP contribution in [0.2, 0.25) is 0 Å². The van der Waals surface area contributed by atoms with Gasteiger partial charge in [0.25, 0.3) is 0 Å². The van der Waals surface area contributed by atoms with Crippen LogP contribution in [0.25, 0.3) is 0 Å². The van der Waals surface area contributed by atoms with Gasteiger partial charge in [-0.3, -0.25) is 0 Å². The van der Waals surface area contributed by atoms with Crippen molar-refractivity contribution in [3.05, 3.63) is 17.7 Å². The van der Waals surface area contributed by atoms with Crippen LogP contribution in [0.5, 0.6) is 0 Å². The van der Waals surface area contributed by atoms with Crippen molar-refractivity contribution in [2.75, 3.05) is 0 Å². The largest absolute Gasteiger partial charge is 0.337 e. The predicted octanol–water partition coefficient (Wildman–Crippen LogP) is 1.47.